The van der Waals surface area contributed by atoms with Gasteiger partial charge >= 0.3 is 6.18 Å². The molecule has 7 heteroatoms. The number of alkyl halides is 3. The molecule has 2 aromatic carbocycles. The average Bonchev–Trinajstić information content (AvgIpc) is 3.17. The van der Waals surface area contributed by atoms with Crippen LogP contribution in [0.3, 0.4) is 0 Å². The van der Waals surface area contributed by atoms with Crippen molar-refractivity contribution in [1.29, 1.82) is 0 Å². The van der Waals surface area contributed by atoms with Crippen molar-refractivity contribution in [2.75, 3.05) is 11.9 Å². The fourth-order valence-electron chi connectivity index (χ4n) is 3.02. The van der Waals surface area contributed by atoms with Crippen LogP contribution in [0.5, 0.6) is 0 Å². The number of nitrogens with one attached hydrogen (secondary N) is 1. The Hall–Kier alpha value is -2.28. The highest BCUT2D eigenvalue weighted by Gasteiger charge is 2.30. The van der Waals surface area contributed by atoms with E-state index in [0.29, 0.717) is 11.3 Å². The fraction of sp³-hybridized carbons (Fsp3) is 0.167. The Morgan fingerprint density at radius 3 is 2.44 bits per heavy atom. The minimum absolute atomic E-state index is 0.656. The smallest absolute Gasteiger partial charge is 0.369 e. The van der Waals surface area contributed by atoms with Gasteiger partial charge in [-0.2, -0.15) is 18.3 Å². The van der Waals surface area contributed by atoms with Crippen LogP contribution in [0.25, 0.3) is 16.9 Å². The molecule has 128 valence electrons. The van der Waals surface area contributed by atoms with Crippen molar-refractivity contribution in [3.05, 3.63) is 64.1 Å². The molecule has 1 N–H and O–H groups in total. The predicted octanol–water partition coefficient (Wildman–Crippen LogP) is 5.29. The van der Waals surface area contributed by atoms with Crippen LogP contribution in [0.15, 0.2) is 53.0 Å². The molecule has 25 heavy (non-hydrogen) atoms. The first-order valence-corrected chi connectivity index (χ1v) is 8.53. The van der Waals surface area contributed by atoms with Gasteiger partial charge in [-0.15, -0.1) is 0 Å². The maximum absolute atomic E-state index is 12.8. The lowest BCUT2D eigenvalue weighted by Gasteiger charge is -2.08. The van der Waals surface area contributed by atoms with E-state index in [-0.39, 0.29) is 0 Å². The number of nitrogens with zero attached hydrogens (tertiary/aromatic N) is 2. The van der Waals surface area contributed by atoms with Gasteiger partial charge in [0.15, 0.2) is 0 Å². The van der Waals surface area contributed by atoms with Crippen LogP contribution in [0.1, 0.15) is 11.1 Å². The van der Waals surface area contributed by atoms with Crippen molar-refractivity contribution in [3.63, 3.8) is 0 Å². The molecule has 1 aromatic heterocycles. The Labute approximate surface area is 150 Å². The van der Waals surface area contributed by atoms with Gasteiger partial charge in [0.2, 0.25) is 0 Å². The zero-order valence-electron chi connectivity index (χ0n) is 12.9. The molecule has 0 atom stereocenters. The van der Waals surface area contributed by atoms with Crippen molar-refractivity contribution < 1.29 is 13.2 Å². The van der Waals surface area contributed by atoms with Gasteiger partial charge in [0.05, 0.1) is 16.9 Å². The number of benzene rings is 2. The van der Waals surface area contributed by atoms with E-state index in [1.807, 2.05) is 24.3 Å². The summed E-state index contributed by atoms with van der Waals surface area (Å²) in [5.74, 6) is 0.891. The minimum Gasteiger partial charge on any atom is -0.369 e. The van der Waals surface area contributed by atoms with E-state index >= 15 is 0 Å². The number of anilines is 1. The summed E-state index contributed by atoms with van der Waals surface area (Å²) in [4.78, 5) is 0. The Morgan fingerprint density at radius 2 is 1.76 bits per heavy atom. The number of hydrogen-bond donors (Lipinski definition) is 1. The summed E-state index contributed by atoms with van der Waals surface area (Å²) < 4.78 is 41.0. The Balaban J connectivity index is 1.82. The van der Waals surface area contributed by atoms with E-state index in [4.69, 9.17) is 0 Å². The highest BCUT2D eigenvalue weighted by molar-refractivity contribution is 9.10. The second-order valence-electron chi connectivity index (χ2n) is 5.79. The van der Waals surface area contributed by atoms with Crippen LogP contribution in [0, 0.1) is 0 Å². The van der Waals surface area contributed by atoms with Crippen molar-refractivity contribution >= 4 is 21.7 Å². The molecule has 0 saturated carbocycles. The summed E-state index contributed by atoms with van der Waals surface area (Å²) in [5, 5.41) is 7.99. The van der Waals surface area contributed by atoms with E-state index < -0.39 is 11.7 Å². The molecular weight excluding hydrogens is 395 g/mol. The lowest BCUT2D eigenvalue weighted by molar-refractivity contribution is -0.137. The highest BCUT2D eigenvalue weighted by atomic mass is 79.9. The molecule has 2 heterocycles. The Morgan fingerprint density at radius 1 is 1.04 bits per heavy atom. The molecule has 0 radical (unpaired) electrons. The average molecular weight is 408 g/mol. The quantitative estimate of drug-likeness (QED) is 0.625. The van der Waals surface area contributed by atoms with Gasteiger partial charge < -0.3 is 5.32 Å². The van der Waals surface area contributed by atoms with E-state index in [2.05, 4.69) is 26.3 Å². The summed E-state index contributed by atoms with van der Waals surface area (Å²) in [7, 11) is 0. The van der Waals surface area contributed by atoms with Crippen molar-refractivity contribution in [3.8, 4) is 16.9 Å². The molecule has 1 aliphatic rings. The van der Waals surface area contributed by atoms with Gasteiger partial charge in [0.25, 0.3) is 0 Å². The fourth-order valence-corrected chi connectivity index (χ4v) is 3.47. The molecule has 4 rings (SSSR count). The highest BCUT2D eigenvalue weighted by Crippen LogP contribution is 2.37. The number of aromatic nitrogens is 2. The van der Waals surface area contributed by atoms with E-state index in [1.54, 1.807) is 4.68 Å². The topological polar surface area (TPSA) is 29.9 Å². The van der Waals surface area contributed by atoms with Crippen LogP contribution >= 0.6 is 15.9 Å². The first-order valence-electron chi connectivity index (χ1n) is 7.73. The third-order valence-corrected chi connectivity index (χ3v) is 4.89. The van der Waals surface area contributed by atoms with Crippen LogP contribution in [0.2, 0.25) is 0 Å². The van der Waals surface area contributed by atoms with Gasteiger partial charge in [-0.25, -0.2) is 4.68 Å². The van der Waals surface area contributed by atoms with Gasteiger partial charge in [-0.05, 0) is 46.6 Å². The SMILES string of the molecule is FC(F)(F)c1ccc(-c2nn(-c3ccccc3Br)c3c2CCN3)cc1. The Kier molecular flexibility index (Phi) is 3.83. The standard InChI is InChI=1S/C18H13BrF3N3/c19-14-3-1-2-4-15(14)25-17-13(9-10-23-17)16(24-25)11-5-7-12(8-6-11)18(20,21)22/h1-8,23H,9-10H2. The number of para-hydroxylation sites is 1. The van der Waals surface area contributed by atoms with Crippen LogP contribution in [0.4, 0.5) is 19.0 Å². The minimum atomic E-state index is -4.34. The third kappa shape index (κ3) is 2.82. The molecule has 0 saturated heterocycles. The Bertz CT molecular complexity index is 930. The van der Waals surface area contributed by atoms with E-state index in [0.717, 1.165) is 46.6 Å². The van der Waals surface area contributed by atoms with Crippen LogP contribution in [-0.2, 0) is 12.6 Å². The second kappa shape index (κ2) is 5.91. The summed E-state index contributed by atoms with van der Waals surface area (Å²) in [6.45, 7) is 0.783. The molecule has 0 bridgehead atoms. The molecular formula is C18H13BrF3N3. The monoisotopic (exact) mass is 407 g/mol. The van der Waals surface area contributed by atoms with Gasteiger partial charge in [-0.1, -0.05) is 24.3 Å². The first kappa shape index (κ1) is 16.2. The van der Waals surface area contributed by atoms with Crippen molar-refractivity contribution in [1.82, 2.24) is 9.78 Å². The normalized spacial score (nSPS) is 13.6. The molecule has 0 spiro atoms. The van der Waals surface area contributed by atoms with E-state index in [9.17, 15) is 13.2 Å². The van der Waals surface area contributed by atoms with E-state index in [1.165, 1.54) is 12.1 Å². The lowest BCUT2D eigenvalue weighted by atomic mass is 10.0. The molecule has 3 nitrogen and oxygen atoms in total. The third-order valence-electron chi connectivity index (χ3n) is 4.22. The molecule has 0 amide bonds. The number of rotatable bonds is 2. The molecule has 0 unspecified atom stereocenters. The predicted molar refractivity (Wildman–Crippen MR) is 93.9 cm³/mol. The maximum Gasteiger partial charge on any atom is 0.416 e. The zero-order valence-corrected chi connectivity index (χ0v) is 14.5. The zero-order chi connectivity index (χ0) is 17.6. The maximum atomic E-state index is 12.8. The molecule has 0 fully saturated rings. The summed E-state index contributed by atoms with van der Waals surface area (Å²) in [6, 6.07) is 12.9. The van der Waals surface area contributed by atoms with Crippen molar-refractivity contribution in [2.45, 2.75) is 12.6 Å². The number of hydrogen-bond acceptors (Lipinski definition) is 2. The molecule has 3 aromatic rings. The lowest BCUT2D eigenvalue weighted by Crippen LogP contribution is -2.05. The first-order chi connectivity index (χ1) is 11.9. The molecule has 1 aliphatic heterocycles. The second-order valence-corrected chi connectivity index (χ2v) is 6.65. The van der Waals surface area contributed by atoms with Crippen LogP contribution in [-0.4, -0.2) is 16.3 Å². The van der Waals surface area contributed by atoms with Gasteiger partial charge in [-0.3, -0.25) is 0 Å². The van der Waals surface area contributed by atoms with Gasteiger partial charge in [0.1, 0.15) is 5.82 Å². The summed E-state index contributed by atoms with van der Waals surface area (Å²) in [6.07, 6.45) is -3.55. The van der Waals surface area contributed by atoms with Crippen molar-refractivity contribution in [2.24, 2.45) is 0 Å². The number of fused-ring (bicyclic) bond motifs is 1. The van der Waals surface area contributed by atoms with Crippen LogP contribution < -0.4 is 5.32 Å². The van der Waals surface area contributed by atoms with Gasteiger partial charge in [0, 0.05) is 22.1 Å². The largest absolute Gasteiger partial charge is 0.416 e. The summed E-state index contributed by atoms with van der Waals surface area (Å²) >= 11 is 3.52. The molecule has 0 aliphatic carbocycles. The number of halogens is 4. The summed E-state index contributed by atoms with van der Waals surface area (Å²) in [5.41, 5.74) is 2.64.